The number of benzene rings is 1. The minimum absolute atomic E-state index is 0.201. The van der Waals surface area contributed by atoms with Gasteiger partial charge in [-0.3, -0.25) is 0 Å². The summed E-state index contributed by atoms with van der Waals surface area (Å²) >= 11 is 19.0. The van der Waals surface area contributed by atoms with Crippen LogP contribution in [0, 0.1) is 18.6 Å². The van der Waals surface area contributed by atoms with Crippen molar-refractivity contribution in [3.05, 3.63) is 55.2 Å². The highest BCUT2D eigenvalue weighted by molar-refractivity contribution is 7.20. The van der Waals surface area contributed by atoms with Gasteiger partial charge in [0, 0.05) is 11.1 Å². The molecule has 0 fully saturated rings. The summed E-state index contributed by atoms with van der Waals surface area (Å²) in [4.78, 5) is 0. The van der Waals surface area contributed by atoms with E-state index in [1.807, 2.05) is 0 Å². The Bertz CT molecular complexity index is 595. The summed E-state index contributed by atoms with van der Waals surface area (Å²) in [6, 6.07) is 4.07. The van der Waals surface area contributed by atoms with Crippen LogP contribution in [0.5, 0.6) is 0 Å². The molecule has 1 atom stereocenters. The molecule has 0 spiro atoms. The summed E-state index contributed by atoms with van der Waals surface area (Å²) in [7, 11) is 0. The third-order valence-electron chi connectivity index (χ3n) is 2.53. The van der Waals surface area contributed by atoms with Gasteiger partial charge in [-0.15, -0.1) is 22.9 Å². The van der Waals surface area contributed by atoms with Gasteiger partial charge in [-0.1, -0.05) is 29.3 Å². The van der Waals surface area contributed by atoms with Crippen LogP contribution in [0.1, 0.15) is 22.1 Å². The summed E-state index contributed by atoms with van der Waals surface area (Å²) in [6.45, 7) is 1.55. The van der Waals surface area contributed by atoms with Crippen LogP contribution in [0.2, 0.25) is 8.67 Å². The zero-order valence-electron chi connectivity index (χ0n) is 9.11. The van der Waals surface area contributed by atoms with Gasteiger partial charge in [0.1, 0.15) is 11.6 Å². The molecule has 18 heavy (non-hydrogen) atoms. The Labute approximate surface area is 122 Å². The first-order valence-corrected chi connectivity index (χ1v) is 6.96. The van der Waals surface area contributed by atoms with Gasteiger partial charge >= 0.3 is 0 Å². The van der Waals surface area contributed by atoms with Crippen molar-refractivity contribution < 1.29 is 8.78 Å². The topological polar surface area (TPSA) is 0 Å². The van der Waals surface area contributed by atoms with E-state index in [1.54, 1.807) is 6.92 Å². The number of aryl methyl sites for hydroxylation is 1. The Morgan fingerprint density at radius 3 is 2.44 bits per heavy atom. The number of halogens is 5. The second kappa shape index (κ2) is 5.33. The number of hydrogen-bond acceptors (Lipinski definition) is 1. The van der Waals surface area contributed by atoms with E-state index in [2.05, 4.69) is 0 Å². The summed E-state index contributed by atoms with van der Waals surface area (Å²) in [5.41, 5.74) is 0.541. The first kappa shape index (κ1) is 14.1. The van der Waals surface area contributed by atoms with Crippen LogP contribution >= 0.6 is 46.1 Å². The van der Waals surface area contributed by atoms with E-state index in [-0.39, 0.29) is 5.56 Å². The Balaban J connectivity index is 2.56. The van der Waals surface area contributed by atoms with Crippen molar-refractivity contribution in [1.82, 2.24) is 0 Å². The largest absolute Gasteiger partial charge is 0.207 e. The fourth-order valence-corrected chi connectivity index (χ4v) is 3.62. The van der Waals surface area contributed by atoms with Crippen LogP contribution < -0.4 is 0 Å². The Morgan fingerprint density at radius 2 is 1.89 bits per heavy atom. The van der Waals surface area contributed by atoms with Crippen molar-refractivity contribution in [3.8, 4) is 0 Å². The van der Waals surface area contributed by atoms with Crippen LogP contribution in [0.3, 0.4) is 0 Å². The molecule has 0 N–H and O–H groups in total. The van der Waals surface area contributed by atoms with Crippen molar-refractivity contribution in [2.24, 2.45) is 0 Å². The lowest BCUT2D eigenvalue weighted by Gasteiger charge is -2.12. The third-order valence-corrected chi connectivity index (χ3v) is 4.50. The molecule has 0 saturated carbocycles. The molecule has 2 aromatic rings. The molecular weight excluding hydrogens is 321 g/mol. The van der Waals surface area contributed by atoms with E-state index in [4.69, 9.17) is 34.8 Å². The SMILES string of the molecule is Cc1ccc(F)c(C(Cl)c2cc(Cl)sc2Cl)c1F. The Kier molecular flexibility index (Phi) is 4.17. The van der Waals surface area contributed by atoms with E-state index in [0.717, 1.165) is 11.3 Å². The van der Waals surface area contributed by atoms with Crippen molar-refractivity contribution in [2.75, 3.05) is 0 Å². The van der Waals surface area contributed by atoms with Gasteiger partial charge in [0.15, 0.2) is 0 Å². The summed E-state index contributed by atoms with van der Waals surface area (Å²) in [6.07, 6.45) is 0. The van der Waals surface area contributed by atoms with Crippen LogP contribution in [0.15, 0.2) is 18.2 Å². The molecule has 2 rings (SSSR count). The number of rotatable bonds is 2. The summed E-state index contributed by atoms with van der Waals surface area (Å²) in [5, 5.41) is -0.999. The van der Waals surface area contributed by atoms with Gasteiger partial charge in [-0.2, -0.15) is 0 Å². The molecule has 0 amide bonds. The van der Waals surface area contributed by atoms with Crippen molar-refractivity contribution in [2.45, 2.75) is 12.3 Å². The molecule has 0 aliphatic rings. The van der Waals surface area contributed by atoms with Gasteiger partial charge in [0.2, 0.25) is 0 Å². The van der Waals surface area contributed by atoms with E-state index in [1.165, 1.54) is 18.2 Å². The highest BCUT2D eigenvalue weighted by Crippen LogP contribution is 2.42. The molecule has 0 radical (unpaired) electrons. The molecule has 1 heterocycles. The minimum atomic E-state index is -0.999. The third kappa shape index (κ3) is 2.50. The lowest BCUT2D eigenvalue weighted by molar-refractivity contribution is 0.553. The second-order valence-electron chi connectivity index (χ2n) is 3.73. The van der Waals surface area contributed by atoms with Crippen molar-refractivity contribution in [3.63, 3.8) is 0 Å². The molecular formula is C12H7Cl3F2S. The molecule has 6 heteroatoms. The molecule has 0 nitrogen and oxygen atoms in total. The van der Waals surface area contributed by atoms with Crippen LogP contribution in [0.4, 0.5) is 8.78 Å². The molecule has 0 saturated heterocycles. The maximum Gasteiger partial charge on any atom is 0.134 e. The van der Waals surface area contributed by atoms with Gasteiger partial charge in [0.25, 0.3) is 0 Å². The zero-order chi connectivity index (χ0) is 13.4. The van der Waals surface area contributed by atoms with Gasteiger partial charge in [-0.25, -0.2) is 8.78 Å². The molecule has 1 unspecified atom stereocenters. The molecule has 96 valence electrons. The van der Waals surface area contributed by atoms with Crippen LogP contribution in [-0.2, 0) is 0 Å². The van der Waals surface area contributed by atoms with E-state index in [0.29, 0.717) is 19.8 Å². The molecule has 0 aliphatic carbocycles. The Hall–Kier alpha value is -0.350. The van der Waals surface area contributed by atoms with Crippen molar-refractivity contribution >= 4 is 46.1 Å². The Morgan fingerprint density at radius 1 is 1.22 bits per heavy atom. The molecule has 1 aromatic heterocycles. The van der Waals surface area contributed by atoms with E-state index < -0.39 is 17.0 Å². The fourth-order valence-electron chi connectivity index (χ4n) is 1.59. The van der Waals surface area contributed by atoms with Gasteiger partial charge < -0.3 is 0 Å². The summed E-state index contributed by atoms with van der Waals surface area (Å²) in [5.74, 6) is -1.36. The van der Waals surface area contributed by atoms with Crippen molar-refractivity contribution in [1.29, 1.82) is 0 Å². The summed E-state index contributed by atoms with van der Waals surface area (Å²) < 4.78 is 28.4. The number of thiophene rings is 1. The highest BCUT2D eigenvalue weighted by atomic mass is 35.5. The smallest absolute Gasteiger partial charge is 0.134 e. The average molecular weight is 328 g/mol. The first-order valence-electron chi connectivity index (χ1n) is 4.95. The predicted molar refractivity (Wildman–Crippen MR) is 73.1 cm³/mol. The molecule has 0 bridgehead atoms. The minimum Gasteiger partial charge on any atom is -0.207 e. The quantitative estimate of drug-likeness (QED) is 0.596. The van der Waals surface area contributed by atoms with Gasteiger partial charge in [-0.05, 0) is 24.6 Å². The standard InChI is InChI=1S/C12H7Cl3F2S/c1-5-2-3-7(16)9(11(5)17)10(14)6-4-8(13)18-12(6)15/h2-4,10H,1H3. The van der Waals surface area contributed by atoms with Gasteiger partial charge in [0.05, 0.1) is 14.0 Å². The highest BCUT2D eigenvalue weighted by Gasteiger charge is 2.24. The second-order valence-corrected chi connectivity index (χ2v) is 6.46. The maximum absolute atomic E-state index is 13.9. The molecule has 0 aliphatic heterocycles. The number of alkyl halides is 1. The monoisotopic (exact) mass is 326 g/mol. The lowest BCUT2D eigenvalue weighted by atomic mass is 10.0. The van der Waals surface area contributed by atoms with Crippen LogP contribution in [-0.4, -0.2) is 0 Å². The lowest BCUT2D eigenvalue weighted by Crippen LogP contribution is -2.02. The maximum atomic E-state index is 13.9. The van der Waals surface area contributed by atoms with Crippen LogP contribution in [0.25, 0.3) is 0 Å². The predicted octanol–water partition coefficient (Wildman–Crippen LogP) is 5.97. The fraction of sp³-hybridized carbons (Fsp3) is 0.167. The normalized spacial score (nSPS) is 12.8. The first-order chi connectivity index (χ1) is 8.41. The number of hydrogen-bond donors (Lipinski definition) is 0. The zero-order valence-corrected chi connectivity index (χ0v) is 12.2. The molecule has 1 aromatic carbocycles. The van der Waals surface area contributed by atoms with E-state index >= 15 is 0 Å². The van der Waals surface area contributed by atoms with E-state index in [9.17, 15) is 8.78 Å². The average Bonchev–Trinajstić information content (AvgIpc) is 2.63.